The van der Waals surface area contributed by atoms with Crippen molar-refractivity contribution in [3.8, 4) is 0 Å². The van der Waals surface area contributed by atoms with Gasteiger partial charge in [0.15, 0.2) is 21.4 Å². The first-order valence-corrected chi connectivity index (χ1v) is 11.4. The number of hydrogen-bond acceptors (Lipinski definition) is 5. The molecular formula is C20H26N6O2S. The minimum absolute atomic E-state index is 0.357. The van der Waals surface area contributed by atoms with E-state index in [4.69, 9.17) is 0 Å². The molecule has 3 rings (SSSR count). The summed E-state index contributed by atoms with van der Waals surface area (Å²) in [4.78, 5) is 4.96. The van der Waals surface area contributed by atoms with Gasteiger partial charge in [-0.25, -0.2) is 13.4 Å². The lowest BCUT2D eigenvalue weighted by molar-refractivity contribution is 0.601. The molecule has 154 valence electrons. The van der Waals surface area contributed by atoms with E-state index in [1.165, 1.54) is 6.26 Å². The van der Waals surface area contributed by atoms with Crippen LogP contribution in [0.1, 0.15) is 23.9 Å². The number of aliphatic imine (C=N–C) groups is 1. The molecule has 2 aromatic heterocycles. The lowest BCUT2D eigenvalue weighted by atomic mass is 10.1. The van der Waals surface area contributed by atoms with Gasteiger partial charge in [0.1, 0.15) is 5.82 Å². The van der Waals surface area contributed by atoms with Crippen molar-refractivity contribution in [1.29, 1.82) is 0 Å². The normalized spacial score (nSPS) is 12.3. The molecule has 0 unspecified atom stereocenters. The molecule has 0 saturated heterocycles. The van der Waals surface area contributed by atoms with Crippen LogP contribution in [-0.2, 0) is 22.8 Å². The van der Waals surface area contributed by atoms with Crippen LogP contribution in [0.2, 0.25) is 0 Å². The summed E-state index contributed by atoms with van der Waals surface area (Å²) in [6.45, 7) is 5.66. The first-order valence-electron chi connectivity index (χ1n) is 9.49. The molecule has 0 bridgehead atoms. The van der Waals surface area contributed by atoms with Crippen LogP contribution >= 0.6 is 0 Å². The number of nitrogens with zero attached hydrogens (tertiary/aromatic N) is 4. The maximum Gasteiger partial charge on any atom is 0.191 e. The summed E-state index contributed by atoms with van der Waals surface area (Å²) in [5.41, 5.74) is 2.52. The van der Waals surface area contributed by atoms with Gasteiger partial charge in [0.05, 0.1) is 11.4 Å². The molecule has 2 heterocycles. The highest BCUT2D eigenvalue weighted by Gasteiger charge is 2.11. The minimum atomic E-state index is -3.21. The number of benzene rings is 1. The van der Waals surface area contributed by atoms with Crippen molar-refractivity contribution in [3.05, 3.63) is 59.5 Å². The fourth-order valence-corrected chi connectivity index (χ4v) is 4.05. The fraction of sp³-hybridized carbons (Fsp3) is 0.350. The summed E-state index contributed by atoms with van der Waals surface area (Å²) in [6, 6.07) is 11.1. The number of rotatable bonds is 7. The van der Waals surface area contributed by atoms with E-state index in [2.05, 4.69) is 25.8 Å². The molecule has 9 heteroatoms. The van der Waals surface area contributed by atoms with E-state index in [1.54, 1.807) is 19.1 Å². The van der Waals surface area contributed by atoms with Crippen LogP contribution < -0.4 is 10.6 Å². The van der Waals surface area contributed by atoms with Gasteiger partial charge in [-0.05, 0) is 43.2 Å². The van der Waals surface area contributed by atoms with Gasteiger partial charge >= 0.3 is 0 Å². The molecule has 0 radical (unpaired) electrons. The van der Waals surface area contributed by atoms with E-state index in [-0.39, 0.29) is 0 Å². The van der Waals surface area contributed by atoms with Crippen molar-refractivity contribution in [2.45, 2.75) is 31.7 Å². The molecule has 1 aromatic carbocycles. The Labute approximate surface area is 171 Å². The first kappa shape index (κ1) is 20.8. The van der Waals surface area contributed by atoms with Gasteiger partial charge in [0.2, 0.25) is 0 Å². The van der Waals surface area contributed by atoms with E-state index in [0.717, 1.165) is 29.1 Å². The Balaban J connectivity index is 1.63. The molecule has 0 aliphatic carbocycles. The molecular weight excluding hydrogens is 388 g/mol. The number of nitrogens with one attached hydrogen (secondary N) is 2. The number of guanidine groups is 1. The average Bonchev–Trinajstić information content (AvgIpc) is 3.08. The quantitative estimate of drug-likeness (QED) is 0.451. The van der Waals surface area contributed by atoms with Crippen LogP contribution in [0.4, 0.5) is 0 Å². The third-order valence-electron chi connectivity index (χ3n) is 4.43. The topological polar surface area (TPSA) is 101 Å². The predicted molar refractivity (Wildman–Crippen MR) is 114 cm³/mol. The maximum atomic E-state index is 11.8. The highest BCUT2D eigenvalue weighted by atomic mass is 32.2. The van der Waals surface area contributed by atoms with Crippen LogP contribution in [0.5, 0.6) is 0 Å². The molecule has 0 saturated carbocycles. The molecule has 8 nitrogen and oxygen atoms in total. The molecule has 0 aliphatic heterocycles. The summed E-state index contributed by atoms with van der Waals surface area (Å²) in [5, 5.41) is 14.9. The number of fused-ring (bicyclic) bond motifs is 1. The van der Waals surface area contributed by atoms with Crippen molar-refractivity contribution in [3.63, 3.8) is 0 Å². The second-order valence-electron chi connectivity index (χ2n) is 6.79. The van der Waals surface area contributed by atoms with E-state index >= 15 is 0 Å². The van der Waals surface area contributed by atoms with Crippen molar-refractivity contribution < 1.29 is 8.42 Å². The molecule has 0 spiro atoms. The third kappa shape index (κ3) is 5.32. The second kappa shape index (κ2) is 9.04. The summed E-state index contributed by atoms with van der Waals surface area (Å²) < 4.78 is 25.5. The summed E-state index contributed by atoms with van der Waals surface area (Å²) >= 11 is 0. The molecule has 0 amide bonds. The Morgan fingerprint density at radius 3 is 2.72 bits per heavy atom. The number of sulfone groups is 1. The number of hydrogen-bond donors (Lipinski definition) is 2. The molecule has 0 aliphatic rings. The zero-order chi connectivity index (χ0) is 20.9. The standard InChI is InChI=1S/C20H26N6O2S/c1-4-21-20(22-11-10-19-25-24-18-7-5-6-12-26(18)19)23-14-16-8-9-17(15(2)13-16)29(3,27)28/h5-9,12-13H,4,10-11,14H2,1-3H3,(H2,21,22,23). The van der Waals surface area contributed by atoms with Crippen molar-refractivity contribution >= 4 is 21.4 Å². The van der Waals surface area contributed by atoms with Gasteiger partial charge in [-0.15, -0.1) is 10.2 Å². The SMILES string of the molecule is CCNC(=NCc1ccc(S(C)(=O)=O)c(C)c1)NCCc1nnc2ccccn12. The van der Waals surface area contributed by atoms with Crippen LogP contribution in [0.15, 0.2) is 52.5 Å². The van der Waals surface area contributed by atoms with E-state index in [1.807, 2.05) is 41.8 Å². The molecule has 0 atom stereocenters. The number of pyridine rings is 1. The van der Waals surface area contributed by atoms with E-state index in [0.29, 0.717) is 30.4 Å². The zero-order valence-corrected chi connectivity index (χ0v) is 17.7. The smallest absolute Gasteiger partial charge is 0.191 e. The number of aromatic nitrogens is 3. The van der Waals surface area contributed by atoms with Gasteiger partial charge < -0.3 is 10.6 Å². The number of aryl methyl sites for hydroxylation is 1. The Morgan fingerprint density at radius 2 is 2.00 bits per heavy atom. The molecule has 0 fully saturated rings. The first-order chi connectivity index (χ1) is 13.9. The monoisotopic (exact) mass is 414 g/mol. The van der Waals surface area contributed by atoms with Gasteiger partial charge in [-0.2, -0.15) is 0 Å². The Bertz CT molecular complexity index is 1120. The van der Waals surface area contributed by atoms with Crippen molar-refractivity contribution in [1.82, 2.24) is 25.2 Å². The zero-order valence-electron chi connectivity index (χ0n) is 16.9. The van der Waals surface area contributed by atoms with E-state index in [9.17, 15) is 8.42 Å². The highest BCUT2D eigenvalue weighted by molar-refractivity contribution is 7.90. The van der Waals surface area contributed by atoms with Crippen LogP contribution in [0.25, 0.3) is 5.65 Å². The van der Waals surface area contributed by atoms with Crippen molar-refractivity contribution in [2.75, 3.05) is 19.3 Å². The predicted octanol–water partition coefficient (Wildman–Crippen LogP) is 1.74. The van der Waals surface area contributed by atoms with Gasteiger partial charge in [-0.3, -0.25) is 4.40 Å². The second-order valence-corrected chi connectivity index (χ2v) is 8.77. The Hall–Kier alpha value is -2.94. The largest absolute Gasteiger partial charge is 0.357 e. The average molecular weight is 415 g/mol. The minimum Gasteiger partial charge on any atom is -0.357 e. The summed E-state index contributed by atoms with van der Waals surface area (Å²) in [7, 11) is -3.21. The lowest BCUT2D eigenvalue weighted by Crippen LogP contribution is -2.38. The van der Waals surface area contributed by atoms with Crippen LogP contribution in [-0.4, -0.2) is 48.3 Å². The fourth-order valence-electron chi connectivity index (χ4n) is 3.09. The Kier molecular flexibility index (Phi) is 6.48. The Morgan fingerprint density at radius 1 is 1.17 bits per heavy atom. The van der Waals surface area contributed by atoms with Gasteiger partial charge in [0, 0.05) is 32.0 Å². The molecule has 3 aromatic rings. The van der Waals surface area contributed by atoms with Crippen LogP contribution in [0.3, 0.4) is 0 Å². The van der Waals surface area contributed by atoms with Crippen LogP contribution in [0, 0.1) is 6.92 Å². The van der Waals surface area contributed by atoms with Gasteiger partial charge in [-0.1, -0.05) is 18.2 Å². The highest BCUT2D eigenvalue weighted by Crippen LogP contribution is 2.17. The van der Waals surface area contributed by atoms with E-state index < -0.39 is 9.84 Å². The summed E-state index contributed by atoms with van der Waals surface area (Å²) in [5.74, 6) is 1.59. The van der Waals surface area contributed by atoms with Gasteiger partial charge in [0.25, 0.3) is 0 Å². The lowest BCUT2D eigenvalue weighted by Gasteiger charge is -2.11. The maximum absolute atomic E-state index is 11.8. The summed E-state index contributed by atoms with van der Waals surface area (Å²) in [6.07, 6.45) is 3.88. The molecule has 29 heavy (non-hydrogen) atoms. The van der Waals surface area contributed by atoms with Crippen molar-refractivity contribution in [2.24, 2.45) is 4.99 Å². The third-order valence-corrected chi connectivity index (χ3v) is 5.69. The molecule has 2 N–H and O–H groups in total.